The molecule has 6 N–H and O–H groups in total. The van der Waals surface area contributed by atoms with Gasteiger partial charge in [0.05, 0.1) is 25.5 Å². The molecule has 0 spiro atoms. The molecule has 0 fully saturated rings. The highest BCUT2D eigenvalue weighted by Crippen LogP contribution is 2.36. The van der Waals surface area contributed by atoms with Gasteiger partial charge in [-0.15, -0.1) is 0 Å². The van der Waals surface area contributed by atoms with Crippen molar-refractivity contribution in [2.75, 3.05) is 38.6 Å². The first-order chi connectivity index (χ1) is 12.0. The standard InChI is InChI=1S/C15H27NO8P2/c17-5-3-16(4-6-18)12-15-10-13(1-7-25(19,20)21)9-14(11-15)2-8-26(22,23)24/h9-11,17-18H,1-8,12H2,(H2,19,20,21)(H2,22,23,24). The Kier molecular flexibility index (Phi) is 9.61. The van der Waals surface area contributed by atoms with Crippen LogP contribution < -0.4 is 0 Å². The Balaban J connectivity index is 3.01. The fourth-order valence-corrected chi connectivity index (χ4v) is 3.68. The number of rotatable bonds is 12. The summed E-state index contributed by atoms with van der Waals surface area (Å²) < 4.78 is 22.2. The number of hydrogen-bond acceptors (Lipinski definition) is 5. The van der Waals surface area contributed by atoms with E-state index in [2.05, 4.69) is 0 Å². The summed E-state index contributed by atoms with van der Waals surface area (Å²) in [5.41, 5.74) is 2.12. The average Bonchev–Trinajstić information content (AvgIpc) is 2.50. The summed E-state index contributed by atoms with van der Waals surface area (Å²) in [5.74, 6) is 0. The molecule has 1 aromatic rings. The lowest BCUT2D eigenvalue weighted by Gasteiger charge is -2.21. The predicted octanol–water partition coefficient (Wildman–Crippen LogP) is -0.0864. The molecule has 150 valence electrons. The van der Waals surface area contributed by atoms with Crippen LogP contribution in [0.5, 0.6) is 0 Å². The van der Waals surface area contributed by atoms with Crippen molar-refractivity contribution in [3.05, 3.63) is 34.9 Å². The molecule has 0 aliphatic rings. The van der Waals surface area contributed by atoms with Gasteiger partial charge in [-0.3, -0.25) is 14.0 Å². The van der Waals surface area contributed by atoms with E-state index in [-0.39, 0.29) is 38.4 Å². The monoisotopic (exact) mass is 411 g/mol. The zero-order valence-corrected chi connectivity index (χ0v) is 16.2. The summed E-state index contributed by atoms with van der Waals surface area (Å²) in [6, 6.07) is 5.24. The molecular weight excluding hydrogens is 384 g/mol. The van der Waals surface area contributed by atoms with Gasteiger partial charge in [0, 0.05) is 19.6 Å². The summed E-state index contributed by atoms with van der Waals surface area (Å²) in [7, 11) is -8.31. The lowest BCUT2D eigenvalue weighted by Crippen LogP contribution is -2.29. The van der Waals surface area contributed by atoms with Gasteiger partial charge in [-0.05, 0) is 29.5 Å². The van der Waals surface area contributed by atoms with Gasteiger partial charge < -0.3 is 29.8 Å². The van der Waals surface area contributed by atoms with Crippen LogP contribution in [0.25, 0.3) is 0 Å². The van der Waals surface area contributed by atoms with Gasteiger partial charge in [-0.2, -0.15) is 0 Å². The van der Waals surface area contributed by atoms with Crippen molar-refractivity contribution in [2.45, 2.75) is 19.4 Å². The third kappa shape index (κ3) is 10.5. The van der Waals surface area contributed by atoms with Gasteiger partial charge in [0.2, 0.25) is 0 Å². The number of hydrogen-bond donors (Lipinski definition) is 6. The maximum atomic E-state index is 11.1. The third-order valence-electron chi connectivity index (χ3n) is 3.73. The van der Waals surface area contributed by atoms with Crippen LogP contribution in [0.2, 0.25) is 0 Å². The Morgan fingerprint density at radius 2 is 1.12 bits per heavy atom. The molecule has 9 nitrogen and oxygen atoms in total. The zero-order valence-electron chi connectivity index (χ0n) is 14.4. The van der Waals surface area contributed by atoms with E-state index < -0.39 is 15.2 Å². The quantitative estimate of drug-likeness (QED) is 0.259. The van der Waals surface area contributed by atoms with Crippen LogP contribution in [0.4, 0.5) is 0 Å². The topological polar surface area (TPSA) is 159 Å². The second-order valence-electron chi connectivity index (χ2n) is 6.16. The summed E-state index contributed by atoms with van der Waals surface area (Å²) in [6.07, 6.45) is -0.348. The molecule has 0 amide bonds. The van der Waals surface area contributed by atoms with E-state index in [0.717, 1.165) is 5.56 Å². The van der Waals surface area contributed by atoms with Crippen molar-refractivity contribution in [2.24, 2.45) is 0 Å². The lowest BCUT2D eigenvalue weighted by molar-refractivity contribution is 0.156. The highest BCUT2D eigenvalue weighted by molar-refractivity contribution is 7.52. The van der Waals surface area contributed by atoms with E-state index in [1.165, 1.54) is 0 Å². The molecule has 0 saturated carbocycles. The Hall–Kier alpha value is -0.600. The fraction of sp³-hybridized carbons (Fsp3) is 0.600. The van der Waals surface area contributed by atoms with E-state index in [4.69, 9.17) is 29.8 Å². The molecule has 26 heavy (non-hydrogen) atoms. The van der Waals surface area contributed by atoms with E-state index in [0.29, 0.717) is 30.8 Å². The van der Waals surface area contributed by atoms with Gasteiger partial charge in [0.25, 0.3) is 0 Å². The Labute approximate surface area is 152 Å². The number of benzene rings is 1. The molecule has 1 rings (SSSR count). The average molecular weight is 411 g/mol. The van der Waals surface area contributed by atoms with E-state index in [1.54, 1.807) is 18.2 Å². The molecule has 0 aliphatic heterocycles. The van der Waals surface area contributed by atoms with Crippen molar-refractivity contribution < 1.29 is 38.9 Å². The minimum absolute atomic E-state index is 0.0804. The molecule has 0 bridgehead atoms. The molecule has 0 aliphatic carbocycles. The molecule has 0 saturated heterocycles. The fourth-order valence-electron chi connectivity index (χ4n) is 2.58. The van der Waals surface area contributed by atoms with Crippen LogP contribution >= 0.6 is 15.2 Å². The second-order valence-corrected chi connectivity index (χ2v) is 9.71. The highest BCUT2D eigenvalue weighted by Gasteiger charge is 2.16. The number of aliphatic hydroxyl groups excluding tert-OH is 2. The van der Waals surface area contributed by atoms with E-state index in [1.807, 2.05) is 4.90 Å². The molecule has 1 aromatic carbocycles. The van der Waals surface area contributed by atoms with Crippen LogP contribution in [-0.4, -0.2) is 73.3 Å². The summed E-state index contributed by atoms with van der Waals surface area (Å²) >= 11 is 0. The smallest absolute Gasteiger partial charge is 0.325 e. The molecule has 0 unspecified atom stereocenters. The van der Waals surface area contributed by atoms with Crippen LogP contribution in [0.3, 0.4) is 0 Å². The van der Waals surface area contributed by atoms with Crippen molar-refractivity contribution in [1.82, 2.24) is 4.90 Å². The first-order valence-electron chi connectivity index (χ1n) is 8.17. The second kappa shape index (κ2) is 10.7. The molecule has 0 heterocycles. The summed E-state index contributed by atoms with van der Waals surface area (Å²) in [6.45, 7) is 0.940. The predicted molar refractivity (Wildman–Crippen MR) is 97.1 cm³/mol. The van der Waals surface area contributed by atoms with Gasteiger partial charge >= 0.3 is 15.2 Å². The molecule has 11 heteroatoms. The maximum absolute atomic E-state index is 11.1. The van der Waals surface area contributed by atoms with Crippen molar-refractivity contribution in [1.29, 1.82) is 0 Å². The van der Waals surface area contributed by atoms with Gasteiger partial charge in [0.1, 0.15) is 0 Å². The van der Waals surface area contributed by atoms with Crippen molar-refractivity contribution in [3.8, 4) is 0 Å². The minimum atomic E-state index is -4.15. The summed E-state index contributed by atoms with van der Waals surface area (Å²) in [4.78, 5) is 38.0. The number of aliphatic hydroxyl groups is 2. The third-order valence-corrected chi connectivity index (χ3v) is 5.35. The Morgan fingerprint density at radius 3 is 1.46 bits per heavy atom. The van der Waals surface area contributed by atoms with Crippen LogP contribution in [0.1, 0.15) is 16.7 Å². The highest BCUT2D eigenvalue weighted by atomic mass is 31.2. The summed E-state index contributed by atoms with van der Waals surface area (Å²) in [5, 5.41) is 18.2. The van der Waals surface area contributed by atoms with Crippen molar-refractivity contribution >= 4 is 15.2 Å². The molecule has 0 aromatic heterocycles. The van der Waals surface area contributed by atoms with Gasteiger partial charge in [-0.1, -0.05) is 18.2 Å². The van der Waals surface area contributed by atoms with E-state index in [9.17, 15) is 9.13 Å². The maximum Gasteiger partial charge on any atom is 0.325 e. The van der Waals surface area contributed by atoms with Crippen molar-refractivity contribution in [3.63, 3.8) is 0 Å². The molecule has 0 atom stereocenters. The van der Waals surface area contributed by atoms with Gasteiger partial charge in [-0.25, -0.2) is 0 Å². The zero-order chi connectivity index (χ0) is 19.8. The number of aryl methyl sites for hydroxylation is 2. The van der Waals surface area contributed by atoms with Crippen LogP contribution in [0.15, 0.2) is 18.2 Å². The Bertz CT molecular complexity index is 607. The van der Waals surface area contributed by atoms with Crippen LogP contribution in [-0.2, 0) is 28.5 Å². The first-order valence-corrected chi connectivity index (χ1v) is 11.8. The minimum Gasteiger partial charge on any atom is -0.395 e. The van der Waals surface area contributed by atoms with Crippen LogP contribution in [0, 0.1) is 0 Å². The molecular formula is C15H27NO8P2. The Morgan fingerprint density at radius 1 is 0.731 bits per heavy atom. The largest absolute Gasteiger partial charge is 0.395 e. The van der Waals surface area contributed by atoms with Gasteiger partial charge in [0.15, 0.2) is 0 Å². The number of nitrogens with zero attached hydrogens (tertiary/aromatic N) is 1. The SMILES string of the molecule is O=P(O)(O)CCc1cc(CCP(=O)(O)O)cc(CN(CCO)CCO)c1. The normalized spacial score (nSPS) is 12.7. The molecule has 0 radical (unpaired) electrons. The lowest BCUT2D eigenvalue weighted by atomic mass is 10.0. The van der Waals surface area contributed by atoms with E-state index >= 15 is 0 Å². The first kappa shape index (κ1) is 23.4.